The van der Waals surface area contributed by atoms with Crippen LogP contribution in [0.3, 0.4) is 0 Å². The van der Waals surface area contributed by atoms with Gasteiger partial charge in [-0.05, 0) is 85.5 Å². The Kier molecular flexibility index (Phi) is 5.61. The SMILES string of the molecule is CC(C)CCC[C@@H](C)[C@H]1CC[C@H]2[C@@H]3CCC4=CC=CC(O)(O)[C@]4(C)[C@H]3CC[C@]12C. The Morgan fingerprint density at radius 3 is 2.48 bits per heavy atom. The van der Waals surface area contributed by atoms with Crippen LogP contribution in [0.1, 0.15) is 92.4 Å². The average Bonchev–Trinajstić information content (AvgIpc) is 2.99. The van der Waals surface area contributed by atoms with Crippen molar-refractivity contribution < 1.29 is 10.2 Å². The standard InChI is InChI=1S/C27H44O2/c1-18(2)8-6-9-19(3)22-13-14-23-21-12-11-20-10-7-16-27(28,29)26(20,5)24(21)15-17-25(22,23)4/h7,10,16,18-19,21-24,28-29H,6,8-9,11-15,17H2,1-5H3/t19-,21+,22-,23+,24+,25-,26+/m1/s1. The first-order valence-electron chi connectivity index (χ1n) is 12.4. The number of hydrogen-bond donors (Lipinski definition) is 2. The molecule has 29 heavy (non-hydrogen) atoms. The molecule has 4 aliphatic carbocycles. The average molecular weight is 401 g/mol. The third-order valence-electron chi connectivity index (χ3n) is 10.2. The molecule has 0 unspecified atom stereocenters. The summed E-state index contributed by atoms with van der Waals surface area (Å²) in [5.41, 5.74) is 1.22. The molecule has 2 N–H and O–H groups in total. The third kappa shape index (κ3) is 3.28. The molecular formula is C27H44O2. The van der Waals surface area contributed by atoms with Gasteiger partial charge in [-0.15, -0.1) is 0 Å². The molecule has 0 aromatic rings. The number of rotatable bonds is 5. The summed E-state index contributed by atoms with van der Waals surface area (Å²) in [4.78, 5) is 0. The van der Waals surface area contributed by atoms with Crippen molar-refractivity contribution in [1.82, 2.24) is 0 Å². The van der Waals surface area contributed by atoms with E-state index in [4.69, 9.17) is 0 Å². The van der Waals surface area contributed by atoms with Crippen molar-refractivity contribution in [2.24, 2.45) is 46.3 Å². The highest BCUT2D eigenvalue weighted by atomic mass is 16.5. The van der Waals surface area contributed by atoms with Crippen LogP contribution < -0.4 is 0 Å². The maximum Gasteiger partial charge on any atom is 0.192 e. The van der Waals surface area contributed by atoms with E-state index in [-0.39, 0.29) is 0 Å². The lowest BCUT2D eigenvalue weighted by molar-refractivity contribution is -0.230. The van der Waals surface area contributed by atoms with E-state index in [0.717, 1.165) is 36.5 Å². The van der Waals surface area contributed by atoms with Crippen molar-refractivity contribution >= 4 is 0 Å². The van der Waals surface area contributed by atoms with Crippen molar-refractivity contribution in [3.05, 3.63) is 23.8 Å². The van der Waals surface area contributed by atoms with Gasteiger partial charge in [0.05, 0.1) is 0 Å². The fraction of sp³-hybridized carbons (Fsp3) is 0.852. The lowest BCUT2D eigenvalue weighted by Gasteiger charge is -2.60. The van der Waals surface area contributed by atoms with Crippen LogP contribution in [0.15, 0.2) is 23.8 Å². The molecule has 3 saturated carbocycles. The van der Waals surface area contributed by atoms with E-state index in [0.29, 0.717) is 17.3 Å². The molecule has 3 fully saturated rings. The topological polar surface area (TPSA) is 40.5 Å². The largest absolute Gasteiger partial charge is 0.362 e. The summed E-state index contributed by atoms with van der Waals surface area (Å²) in [6, 6.07) is 0. The molecule has 0 bridgehead atoms. The van der Waals surface area contributed by atoms with Gasteiger partial charge in [-0.1, -0.05) is 71.6 Å². The molecular weight excluding hydrogens is 356 g/mol. The van der Waals surface area contributed by atoms with Crippen molar-refractivity contribution in [2.45, 2.75) is 98.2 Å². The summed E-state index contributed by atoms with van der Waals surface area (Å²) in [5, 5.41) is 22.0. The van der Waals surface area contributed by atoms with Crippen LogP contribution in [-0.2, 0) is 0 Å². The highest BCUT2D eigenvalue weighted by Gasteiger charge is 2.63. The highest BCUT2D eigenvalue weighted by molar-refractivity contribution is 5.35. The lowest BCUT2D eigenvalue weighted by Crippen LogP contribution is -2.59. The quantitative estimate of drug-likeness (QED) is 0.518. The number of hydrogen-bond acceptors (Lipinski definition) is 2. The minimum absolute atomic E-state index is 0.399. The Balaban J connectivity index is 1.53. The molecule has 164 valence electrons. The van der Waals surface area contributed by atoms with Gasteiger partial charge in [0.2, 0.25) is 0 Å². The molecule has 2 nitrogen and oxygen atoms in total. The van der Waals surface area contributed by atoms with Crippen LogP contribution in [0.25, 0.3) is 0 Å². The van der Waals surface area contributed by atoms with Crippen LogP contribution in [0, 0.1) is 46.3 Å². The Morgan fingerprint density at radius 2 is 1.76 bits per heavy atom. The van der Waals surface area contributed by atoms with Crippen LogP contribution in [-0.4, -0.2) is 16.0 Å². The summed E-state index contributed by atoms with van der Waals surface area (Å²) < 4.78 is 0. The first-order valence-corrected chi connectivity index (χ1v) is 12.4. The van der Waals surface area contributed by atoms with E-state index in [2.05, 4.69) is 40.7 Å². The summed E-state index contributed by atoms with van der Waals surface area (Å²) in [7, 11) is 0. The monoisotopic (exact) mass is 400 g/mol. The Bertz CT molecular complexity index is 674. The second-order valence-corrected chi connectivity index (χ2v) is 11.9. The van der Waals surface area contributed by atoms with Gasteiger partial charge >= 0.3 is 0 Å². The molecule has 0 aliphatic heterocycles. The van der Waals surface area contributed by atoms with Crippen LogP contribution in [0.5, 0.6) is 0 Å². The zero-order chi connectivity index (χ0) is 21.0. The van der Waals surface area contributed by atoms with Crippen molar-refractivity contribution in [3.8, 4) is 0 Å². The summed E-state index contributed by atoms with van der Waals surface area (Å²) in [6.45, 7) is 11.9. The fourth-order valence-electron chi connectivity index (χ4n) is 8.49. The zero-order valence-corrected chi connectivity index (χ0v) is 19.5. The molecule has 0 amide bonds. The molecule has 0 aromatic carbocycles. The number of allylic oxidation sites excluding steroid dienone is 2. The first-order chi connectivity index (χ1) is 13.6. The Labute approximate surface area is 178 Å². The maximum absolute atomic E-state index is 11.0. The number of fused-ring (bicyclic) bond motifs is 5. The van der Waals surface area contributed by atoms with Gasteiger partial charge in [-0.2, -0.15) is 0 Å². The van der Waals surface area contributed by atoms with Gasteiger partial charge in [0, 0.05) is 5.41 Å². The van der Waals surface area contributed by atoms with E-state index in [1.165, 1.54) is 50.5 Å². The van der Waals surface area contributed by atoms with E-state index in [1.54, 1.807) is 6.08 Å². The van der Waals surface area contributed by atoms with Crippen LogP contribution in [0.4, 0.5) is 0 Å². The van der Waals surface area contributed by atoms with E-state index < -0.39 is 11.2 Å². The Hall–Kier alpha value is -0.600. The third-order valence-corrected chi connectivity index (χ3v) is 10.2. The van der Waals surface area contributed by atoms with E-state index >= 15 is 0 Å². The van der Waals surface area contributed by atoms with E-state index in [1.807, 2.05) is 6.08 Å². The van der Waals surface area contributed by atoms with Crippen molar-refractivity contribution in [1.29, 1.82) is 0 Å². The molecule has 0 aromatic heterocycles. The maximum atomic E-state index is 11.0. The van der Waals surface area contributed by atoms with Gasteiger partial charge in [0.25, 0.3) is 0 Å². The minimum atomic E-state index is -1.70. The van der Waals surface area contributed by atoms with Gasteiger partial charge in [-0.3, -0.25) is 0 Å². The molecule has 2 heteroatoms. The molecule has 0 radical (unpaired) electrons. The molecule has 7 atom stereocenters. The van der Waals surface area contributed by atoms with Crippen LogP contribution >= 0.6 is 0 Å². The summed E-state index contributed by atoms with van der Waals surface area (Å²) in [6.07, 6.45) is 17.2. The first kappa shape index (κ1) is 21.6. The smallest absolute Gasteiger partial charge is 0.192 e. The second kappa shape index (κ2) is 7.52. The van der Waals surface area contributed by atoms with Gasteiger partial charge in [0.15, 0.2) is 5.79 Å². The predicted molar refractivity (Wildman–Crippen MR) is 120 cm³/mol. The summed E-state index contributed by atoms with van der Waals surface area (Å²) in [5.74, 6) is 2.60. The lowest BCUT2D eigenvalue weighted by atomic mass is 9.45. The predicted octanol–water partition coefficient (Wildman–Crippen LogP) is 6.48. The minimum Gasteiger partial charge on any atom is -0.362 e. The van der Waals surface area contributed by atoms with Crippen molar-refractivity contribution in [3.63, 3.8) is 0 Å². The second-order valence-electron chi connectivity index (χ2n) is 11.9. The van der Waals surface area contributed by atoms with Gasteiger partial charge in [0.1, 0.15) is 0 Å². The highest BCUT2D eigenvalue weighted by Crippen LogP contribution is 2.68. The fourth-order valence-corrected chi connectivity index (χ4v) is 8.49. The van der Waals surface area contributed by atoms with Gasteiger partial charge < -0.3 is 10.2 Å². The van der Waals surface area contributed by atoms with Crippen LogP contribution in [0.2, 0.25) is 0 Å². The molecule has 4 rings (SSSR count). The number of aliphatic hydroxyl groups is 2. The molecule has 0 heterocycles. The normalized spacial score (nSPS) is 44.1. The Morgan fingerprint density at radius 1 is 1.00 bits per heavy atom. The van der Waals surface area contributed by atoms with Crippen molar-refractivity contribution in [2.75, 3.05) is 0 Å². The van der Waals surface area contributed by atoms with Gasteiger partial charge in [-0.25, -0.2) is 0 Å². The van der Waals surface area contributed by atoms with E-state index in [9.17, 15) is 10.2 Å². The zero-order valence-electron chi connectivity index (χ0n) is 19.5. The molecule has 0 saturated heterocycles. The summed E-state index contributed by atoms with van der Waals surface area (Å²) >= 11 is 0. The molecule has 0 spiro atoms. The molecule has 4 aliphatic rings.